The van der Waals surface area contributed by atoms with Crippen LogP contribution >= 0.6 is 0 Å². The van der Waals surface area contributed by atoms with E-state index in [-0.39, 0.29) is 18.4 Å². The summed E-state index contributed by atoms with van der Waals surface area (Å²) in [7, 11) is 1.52. The fourth-order valence-corrected chi connectivity index (χ4v) is 2.65. The van der Waals surface area contributed by atoms with Gasteiger partial charge in [0.25, 0.3) is 5.91 Å². The highest BCUT2D eigenvalue weighted by molar-refractivity contribution is 5.95. The van der Waals surface area contributed by atoms with Crippen molar-refractivity contribution in [3.63, 3.8) is 0 Å². The molecule has 0 aliphatic heterocycles. The highest BCUT2D eigenvalue weighted by Crippen LogP contribution is 2.29. The zero-order valence-corrected chi connectivity index (χ0v) is 16.2. The second kappa shape index (κ2) is 9.62. The third kappa shape index (κ3) is 5.74. The Morgan fingerprint density at radius 1 is 1.07 bits per heavy atom. The van der Waals surface area contributed by atoms with E-state index in [4.69, 9.17) is 9.47 Å². The first kappa shape index (κ1) is 20.3. The molecule has 2 amide bonds. The van der Waals surface area contributed by atoms with E-state index in [1.807, 2.05) is 24.3 Å². The summed E-state index contributed by atoms with van der Waals surface area (Å²) in [4.78, 5) is 23.6. The van der Waals surface area contributed by atoms with Gasteiger partial charge in [0.1, 0.15) is 11.5 Å². The average Bonchev–Trinajstić information content (AvgIpc) is 2.65. The number of hydrogen-bond donors (Lipinski definition) is 2. The van der Waals surface area contributed by atoms with Crippen LogP contribution in [0.3, 0.4) is 0 Å². The first-order chi connectivity index (χ1) is 12.9. The van der Waals surface area contributed by atoms with Gasteiger partial charge in [-0.25, -0.2) is 0 Å². The Hall–Kier alpha value is -3.02. The third-order valence-electron chi connectivity index (χ3n) is 4.22. The van der Waals surface area contributed by atoms with Crippen LogP contribution in [0.1, 0.15) is 38.7 Å². The van der Waals surface area contributed by atoms with E-state index in [9.17, 15) is 9.59 Å². The van der Waals surface area contributed by atoms with E-state index < -0.39 is 0 Å². The molecule has 0 heterocycles. The normalized spacial score (nSPS) is 11.4. The molecule has 6 nitrogen and oxygen atoms in total. The largest absolute Gasteiger partial charge is 0.495 e. The number of para-hydroxylation sites is 1. The Kier molecular flexibility index (Phi) is 7.23. The van der Waals surface area contributed by atoms with E-state index in [2.05, 4.69) is 24.5 Å². The molecule has 2 N–H and O–H groups in total. The van der Waals surface area contributed by atoms with Crippen molar-refractivity contribution in [2.24, 2.45) is 0 Å². The summed E-state index contributed by atoms with van der Waals surface area (Å²) in [5.41, 5.74) is 2.12. The number of methoxy groups -OCH3 is 1. The zero-order chi connectivity index (χ0) is 19.8. The number of carbonyl (C=O) groups is 2. The maximum atomic E-state index is 12.3. The first-order valence-electron chi connectivity index (χ1n) is 8.91. The summed E-state index contributed by atoms with van der Waals surface area (Å²) >= 11 is 0. The van der Waals surface area contributed by atoms with Gasteiger partial charge in [0, 0.05) is 12.6 Å². The molecule has 0 saturated heterocycles. The molecule has 0 fully saturated rings. The summed E-state index contributed by atoms with van der Waals surface area (Å²) in [6.07, 6.45) is 0.990. The molecule has 0 spiro atoms. The zero-order valence-electron chi connectivity index (χ0n) is 16.2. The van der Waals surface area contributed by atoms with Crippen molar-refractivity contribution in [2.75, 3.05) is 24.4 Å². The number of rotatable bonds is 8. The van der Waals surface area contributed by atoms with Crippen LogP contribution in [0.2, 0.25) is 0 Å². The fourth-order valence-electron chi connectivity index (χ4n) is 2.65. The Morgan fingerprint density at radius 3 is 2.48 bits per heavy atom. The molecule has 0 aliphatic carbocycles. The lowest BCUT2D eigenvalue weighted by Gasteiger charge is -2.16. The van der Waals surface area contributed by atoms with Crippen molar-refractivity contribution in [3.05, 3.63) is 48.0 Å². The van der Waals surface area contributed by atoms with Gasteiger partial charge in [-0.3, -0.25) is 9.59 Å². The van der Waals surface area contributed by atoms with Crippen molar-refractivity contribution in [1.82, 2.24) is 0 Å². The standard InChI is InChI=1S/C21H26N2O4/c1-5-14(2)17-8-6-7-9-19(17)27-13-21(25)23-16-10-11-20(26-4)18(12-16)22-15(3)24/h6-12,14H,5,13H2,1-4H3,(H,22,24)(H,23,25). The van der Waals surface area contributed by atoms with Crippen molar-refractivity contribution < 1.29 is 19.1 Å². The van der Waals surface area contributed by atoms with E-state index in [0.29, 0.717) is 23.0 Å². The number of ether oxygens (including phenoxy) is 2. The third-order valence-corrected chi connectivity index (χ3v) is 4.22. The quantitative estimate of drug-likeness (QED) is 0.731. The predicted octanol–water partition coefficient (Wildman–Crippen LogP) is 4.18. The predicted molar refractivity (Wildman–Crippen MR) is 107 cm³/mol. The van der Waals surface area contributed by atoms with E-state index in [1.54, 1.807) is 18.2 Å². The lowest BCUT2D eigenvalue weighted by atomic mass is 9.98. The Morgan fingerprint density at radius 2 is 1.81 bits per heavy atom. The van der Waals surface area contributed by atoms with Gasteiger partial charge in [0.15, 0.2) is 6.61 Å². The molecule has 0 aromatic heterocycles. The molecule has 0 radical (unpaired) electrons. The number of carbonyl (C=O) groups excluding carboxylic acids is 2. The number of benzene rings is 2. The van der Waals surface area contributed by atoms with Crippen molar-refractivity contribution >= 4 is 23.2 Å². The first-order valence-corrected chi connectivity index (χ1v) is 8.91. The van der Waals surface area contributed by atoms with Gasteiger partial charge in [-0.05, 0) is 42.2 Å². The minimum Gasteiger partial charge on any atom is -0.495 e. The van der Waals surface area contributed by atoms with E-state index in [0.717, 1.165) is 17.7 Å². The topological polar surface area (TPSA) is 76.7 Å². The summed E-state index contributed by atoms with van der Waals surface area (Å²) in [6, 6.07) is 12.8. The van der Waals surface area contributed by atoms with E-state index in [1.165, 1.54) is 14.0 Å². The molecule has 0 bridgehead atoms. The van der Waals surface area contributed by atoms with E-state index >= 15 is 0 Å². The number of nitrogens with one attached hydrogen (secondary N) is 2. The van der Waals surface area contributed by atoms with Gasteiger partial charge in [0.2, 0.25) is 5.91 Å². The monoisotopic (exact) mass is 370 g/mol. The van der Waals surface area contributed by atoms with Crippen LogP contribution in [-0.2, 0) is 9.59 Å². The van der Waals surface area contributed by atoms with Crippen molar-refractivity contribution in [2.45, 2.75) is 33.1 Å². The van der Waals surface area contributed by atoms with Crippen LogP contribution in [0.15, 0.2) is 42.5 Å². The average molecular weight is 370 g/mol. The molecule has 144 valence electrons. The number of anilines is 2. The van der Waals surface area contributed by atoms with Crippen LogP contribution in [0.5, 0.6) is 11.5 Å². The fraction of sp³-hybridized carbons (Fsp3) is 0.333. The number of amides is 2. The number of hydrogen-bond acceptors (Lipinski definition) is 4. The Labute approximate surface area is 159 Å². The summed E-state index contributed by atoms with van der Waals surface area (Å²) in [5, 5.41) is 5.44. The van der Waals surface area contributed by atoms with Gasteiger partial charge in [-0.2, -0.15) is 0 Å². The van der Waals surface area contributed by atoms with Crippen LogP contribution in [0, 0.1) is 0 Å². The van der Waals surface area contributed by atoms with Gasteiger partial charge in [-0.15, -0.1) is 0 Å². The maximum absolute atomic E-state index is 12.3. The maximum Gasteiger partial charge on any atom is 0.262 e. The molecule has 6 heteroatoms. The molecular formula is C21H26N2O4. The van der Waals surface area contributed by atoms with Gasteiger partial charge in [0.05, 0.1) is 12.8 Å². The highest BCUT2D eigenvalue weighted by atomic mass is 16.5. The molecule has 2 aromatic carbocycles. The molecular weight excluding hydrogens is 344 g/mol. The van der Waals surface area contributed by atoms with Gasteiger partial charge >= 0.3 is 0 Å². The Bertz CT molecular complexity index is 805. The minimum atomic E-state index is -0.284. The van der Waals surface area contributed by atoms with Crippen LogP contribution in [0.4, 0.5) is 11.4 Å². The molecule has 27 heavy (non-hydrogen) atoms. The smallest absolute Gasteiger partial charge is 0.262 e. The molecule has 1 unspecified atom stereocenters. The SMILES string of the molecule is CCC(C)c1ccccc1OCC(=O)Nc1ccc(OC)c(NC(C)=O)c1. The van der Waals surface area contributed by atoms with Gasteiger partial charge < -0.3 is 20.1 Å². The molecule has 0 saturated carbocycles. The van der Waals surface area contributed by atoms with Crippen molar-refractivity contribution in [1.29, 1.82) is 0 Å². The van der Waals surface area contributed by atoms with Crippen LogP contribution < -0.4 is 20.1 Å². The summed E-state index contributed by atoms with van der Waals surface area (Å²) < 4.78 is 10.9. The molecule has 1 atom stereocenters. The van der Waals surface area contributed by atoms with Crippen molar-refractivity contribution in [3.8, 4) is 11.5 Å². The molecule has 0 aliphatic rings. The molecule has 2 aromatic rings. The lowest BCUT2D eigenvalue weighted by molar-refractivity contribution is -0.118. The summed E-state index contributed by atoms with van der Waals surface area (Å²) in [6.45, 7) is 5.55. The van der Waals surface area contributed by atoms with Crippen LogP contribution in [0.25, 0.3) is 0 Å². The summed E-state index contributed by atoms with van der Waals surface area (Å²) in [5.74, 6) is 1.08. The van der Waals surface area contributed by atoms with Gasteiger partial charge in [-0.1, -0.05) is 32.0 Å². The lowest BCUT2D eigenvalue weighted by Crippen LogP contribution is -2.21. The second-order valence-corrected chi connectivity index (χ2v) is 6.28. The highest BCUT2D eigenvalue weighted by Gasteiger charge is 2.12. The minimum absolute atomic E-state index is 0.102. The Balaban J connectivity index is 2.03. The molecule has 2 rings (SSSR count). The van der Waals surface area contributed by atoms with Crippen LogP contribution in [-0.4, -0.2) is 25.5 Å². The second-order valence-electron chi connectivity index (χ2n) is 6.28.